The van der Waals surface area contributed by atoms with Gasteiger partial charge in [-0.3, -0.25) is 4.79 Å². The molecule has 0 amide bonds. The molecule has 0 spiro atoms. The van der Waals surface area contributed by atoms with Gasteiger partial charge >= 0.3 is 0 Å². The second kappa shape index (κ2) is 6.49. The molecular weight excluding hydrogens is 350 g/mol. The lowest BCUT2D eigenvalue weighted by molar-refractivity contribution is 0.407. The minimum absolute atomic E-state index is 0.0947. The lowest BCUT2D eigenvalue weighted by Crippen LogP contribution is -2.54. The van der Waals surface area contributed by atoms with Crippen LogP contribution in [0.1, 0.15) is 13.8 Å². The van der Waals surface area contributed by atoms with Crippen molar-refractivity contribution in [2.24, 2.45) is 0 Å². The van der Waals surface area contributed by atoms with Crippen LogP contribution in [0.25, 0.3) is 27.9 Å². The van der Waals surface area contributed by atoms with Crippen molar-refractivity contribution in [3.63, 3.8) is 0 Å². The van der Waals surface area contributed by atoms with E-state index in [0.717, 1.165) is 35.0 Å². The molecule has 6 nitrogen and oxygen atoms in total. The predicted molar refractivity (Wildman–Crippen MR) is 113 cm³/mol. The Bertz CT molecular complexity index is 1210. The number of anilines is 1. The molecule has 3 heterocycles. The first-order chi connectivity index (χ1) is 13.6. The summed E-state index contributed by atoms with van der Waals surface area (Å²) >= 11 is 0. The summed E-state index contributed by atoms with van der Waals surface area (Å²) in [6, 6.07) is 18.5. The Kier molecular flexibility index (Phi) is 3.94. The summed E-state index contributed by atoms with van der Waals surface area (Å²) < 4.78 is 1.64. The molecule has 1 fully saturated rings. The highest BCUT2D eigenvalue weighted by atomic mass is 16.1. The standard InChI is InChI=1S/C22H23N5O/c1-14-12-26(13-15(2)23-14)17-8-9-18-19(11-17)25-22(24-18)27-20-6-4-3-5-16(20)7-10-21(27)28/h3-11,14-15,23H,12-13H2,1-2H3,(H,24,25)/t14-,15+. The minimum Gasteiger partial charge on any atom is -0.368 e. The van der Waals surface area contributed by atoms with E-state index in [2.05, 4.69) is 46.2 Å². The molecule has 0 aliphatic carbocycles. The molecular formula is C22H23N5O. The van der Waals surface area contributed by atoms with Crippen LogP contribution in [0.2, 0.25) is 0 Å². The normalized spacial score (nSPS) is 20.1. The van der Waals surface area contributed by atoms with Gasteiger partial charge in [0.1, 0.15) is 0 Å². The van der Waals surface area contributed by atoms with Gasteiger partial charge in [-0.2, -0.15) is 0 Å². The van der Waals surface area contributed by atoms with E-state index < -0.39 is 0 Å². The Hall–Kier alpha value is -3.12. The highest BCUT2D eigenvalue weighted by Gasteiger charge is 2.21. The molecule has 5 rings (SSSR count). The highest BCUT2D eigenvalue weighted by Crippen LogP contribution is 2.24. The van der Waals surface area contributed by atoms with Crippen LogP contribution in [0.15, 0.2) is 59.4 Å². The minimum atomic E-state index is -0.0947. The van der Waals surface area contributed by atoms with Crippen LogP contribution in [-0.4, -0.2) is 39.7 Å². The number of pyridine rings is 1. The van der Waals surface area contributed by atoms with Gasteiger partial charge in [-0.15, -0.1) is 0 Å². The zero-order valence-electron chi connectivity index (χ0n) is 16.0. The van der Waals surface area contributed by atoms with Crippen LogP contribution in [0.5, 0.6) is 0 Å². The Morgan fingerprint density at radius 2 is 1.79 bits per heavy atom. The van der Waals surface area contributed by atoms with E-state index in [1.165, 1.54) is 5.69 Å². The van der Waals surface area contributed by atoms with Crippen LogP contribution in [0.4, 0.5) is 5.69 Å². The monoisotopic (exact) mass is 373 g/mol. The fraction of sp³-hybridized carbons (Fsp3) is 0.273. The maximum Gasteiger partial charge on any atom is 0.257 e. The third-order valence-electron chi connectivity index (χ3n) is 5.39. The molecule has 0 bridgehead atoms. The molecule has 0 saturated carbocycles. The number of benzene rings is 2. The summed E-state index contributed by atoms with van der Waals surface area (Å²) in [6.07, 6.45) is 0. The second-order valence-electron chi connectivity index (χ2n) is 7.70. The van der Waals surface area contributed by atoms with Crippen LogP contribution in [0, 0.1) is 0 Å². The number of fused-ring (bicyclic) bond motifs is 2. The topological polar surface area (TPSA) is 66.0 Å². The maximum absolute atomic E-state index is 12.6. The number of aromatic amines is 1. The fourth-order valence-corrected chi connectivity index (χ4v) is 4.23. The molecule has 1 saturated heterocycles. The molecule has 1 aliphatic heterocycles. The third kappa shape index (κ3) is 2.86. The van der Waals surface area contributed by atoms with Crippen molar-refractivity contribution in [2.45, 2.75) is 25.9 Å². The molecule has 2 aromatic carbocycles. The van der Waals surface area contributed by atoms with Gasteiger partial charge in [0.05, 0.1) is 16.6 Å². The van der Waals surface area contributed by atoms with Crippen LogP contribution >= 0.6 is 0 Å². The summed E-state index contributed by atoms with van der Waals surface area (Å²) in [6.45, 7) is 6.37. The Morgan fingerprint density at radius 1 is 1.00 bits per heavy atom. The Balaban J connectivity index is 1.60. The molecule has 1 aliphatic rings. The van der Waals surface area contributed by atoms with Gasteiger partial charge in [0.15, 0.2) is 0 Å². The maximum atomic E-state index is 12.6. The lowest BCUT2D eigenvalue weighted by Gasteiger charge is -2.37. The van der Waals surface area contributed by atoms with Gasteiger partial charge in [-0.1, -0.05) is 18.2 Å². The summed E-state index contributed by atoms with van der Waals surface area (Å²) in [5.74, 6) is 0.552. The average molecular weight is 373 g/mol. The van der Waals surface area contributed by atoms with Crippen molar-refractivity contribution in [1.82, 2.24) is 19.9 Å². The van der Waals surface area contributed by atoms with Crippen molar-refractivity contribution >= 4 is 27.6 Å². The number of imidazole rings is 1. The van der Waals surface area contributed by atoms with E-state index in [9.17, 15) is 4.79 Å². The van der Waals surface area contributed by atoms with Crippen LogP contribution < -0.4 is 15.8 Å². The number of para-hydroxylation sites is 1. The van der Waals surface area contributed by atoms with Gasteiger partial charge in [0.2, 0.25) is 5.95 Å². The lowest BCUT2D eigenvalue weighted by atomic mass is 10.1. The molecule has 0 radical (unpaired) electrons. The summed E-state index contributed by atoms with van der Waals surface area (Å²) in [5, 5.41) is 4.57. The number of H-pyrrole nitrogens is 1. The molecule has 6 heteroatoms. The first kappa shape index (κ1) is 17.0. The molecule has 2 N–H and O–H groups in total. The highest BCUT2D eigenvalue weighted by molar-refractivity contribution is 5.83. The first-order valence-corrected chi connectivity index (χ1v) is 9.70. The van der Waals surface area contributed by atoms with Gasteiger partial charge in [-0.25, -0.2) is 9.55 Å². The number of piperazine rings is 1. The second-order valence-corrected chi connectivity index (χ2v) is 7.70. The number of nitrogens with one attached hydrogen (secondary N) is 2. The Morgan fingerprint density at radius 3 is 2.61 bits per heavy atom. The van der Waals surface area contributed by atoms with Crippen molar-refractivity contribution in [2.75, 3.05) is 18.0 Å². The molecule has 2 atom stereocenters. The van der Waals surface area contributed by atoms with Crippen molar-refractivity contribution in [1.29, 1.82) is 0 Å². The Labute approximate surface area is 162 Å². The van der Waals surface area contributed by atoms with E-state index in [1.807, 2.05) is 36.4 Å². The molecule has 2 aromatic heterocycles. The van der Waals surface area contributed by atoms with Crippen molar-refractivity contribution in [3.8, 4) is 5.95 Å². The third-order valence-corrected chi connectivity index (χ3v) is 5.39. The van der Waals surface area contributed by atoms with Crippen LogP contribution in [-0.2, 0) is 0 Å². The first-order valence-electron chi connectivity index (χ1n) is 9.70. The zero-order valence-corrected chi connectivity index (χ0v) is 16.0. The van der Waals surface area contributed by atoms with Gasteiger partial charge < -0.3 is 15.2 Å². The fourth-order valence-electron chi connectivity index (χ4n) is 4.23. The largest absolute Gasteiger partial charge is 0.368 e. The van der Waals surface area contributed by atoms with Gasteiger partial charge in [0.25, 0.3) is 5.56 Å². The average Bonchev–Trinajstić information content (AvgIpc) is 3.09. The molecule has 4 aromatic rings. The van der Waals surface area contributed by atoms with Crippen molar-refractivity contribution < 1.29 is 0 Å². The summed E-state index contributed by atoms with van der Waals surface area (Å²) in [7, 11) is 0. The number of nitrogens with zero attached hydrogens (tertiary/aromatic N) is 3. The SMILES string of the molecule is C[C@@H]1CN(c2ccc3nc(-n4c(=O)ccc5ccccc54)[nH]c3c2)C[C@H](C)N1. The number of rotatable bonds is 2. The smallest absolute Gasteiger partial charge is 0.257 e. The van der Waals surface area contributed by atoms with Gasteiger partial charge in [0, 0.05) is 36.9 Å². The van der Waals surface area contributed by atoms with Crippen LogP contribution in [0.3, 0.4) is 0 Å². The number of hydrogen-bond donors (Lipinski definition) is 2. The number of hydrogen-bond acceptors (Lipinski definition) is 4. The van der Waals surface area contributed by atoms with E-state index in [4.69, 9.17) is 0 Å². The zero-order chi connectivity index (χ0) is 19.3. The van der Waals surface area contributed by atoms with Crippen molar-refractivity contribution in [3.05, 3.63) is 65.0 Å². The summed E-state index contributed by atoms with van der Waals surface area (Å²) in [5.41, 5.74) is 3.72. The van der Waals surface area contributed by atoms with E-state index >= 15 is 0 Å². The summed E-state index contributed by atoms with van der Waals surface area (Å²) in [4.78, 5) is 23.0. The van der Waals surface area contributed by atoms with Gasteiger partial charge in [-0.05, 0) is 49.6 Å². The molecule has 28 heavy (non-hydrogen) atoms. The van der Waals surface area contributed by atoms with E-state index in [1.54, 1.807) is 10.6 Å². The quantitative estimate of drug-likeness (QED) is 0.567. The molecule has 142 valence electrons. The van der Waals surface area contributed by atoms with E-state index in [-0.39, 0.29) is 5.56 Å². The number of aromatic nitrogens is 3. The van der Waals surface area contributed by atoms with E-state index in [0.29, 0.717) is 18.0 Å². The molecule has 0 unspecified atom stereocenters. The predicted octanol–water partition coefficient (Wildman–Crippen LogP) is 3.05.